The van der Waals surface area contributed by atoms with Crippen LogP contribution in [0.4, 0.5) is 16.4 Å². The summed E-state index contributed by atoms with van der Waals surface area (Å²) in [5.41, 5.74) is 8.66. The molecular formula is C12H10ClN3S. The van der Waals surface area contributed by atoms with Crippen LogP contribution in [-0.2, 0) is 0 Å². The summed E-state index contributed by atoms with van der Waals surface area (Å²) in [7, 11) is 0. The van der Waals surface area contributed by atoms with Crippen molar-refractivity contribution in [1.29, 1.82) is 0 Å². The topological polar surface area (TPSA) is 50.4 Å². The number of nitrogens with zero attached hydrogens (tertiary/aromatic N) is 1. The third-order valence-electron chi connectivity index (χ3n) is 2.58. The van der Waals surface area contributed by atoms with Crippen LogP contribution in [0, 0.1) is 6.92 Å². The van der Waals surface area contributed by atoms with Crippen molar-refractivity contribution in [3.63, 3.8) is 0 Å². The Morgan fingerprint density at radius 2 is 2.18 bits per heavy atom. The molecule has 0 amide bonds. The van der Waals surface area contributed by atoms with E-state index in [1.165, 1.54) is 4.88 Å². The third-order valence-corrected chi connectivity index (χ3v) is 3.78. The molecule has 2 heterocycles. The van der Waals surface area contributed by atoms with Crippen LogP contribution in [-0.4, -0.2) is 5.84 Å². The molecule has 0 bridgehead atoms. The van der Waals surface area contributed by atoms with Gasteiger partial charge in [-0.25, -0.2) is 4.99 Å². The number of aliphatic imine (C=N–C) groups is 1. The number of amidine groups is 1. The first-order valence-corrected chi connectivity index (χ1v) is 6.34. The van der Waals surface area contributed by atoms with Crippen LogP contribution in [0.3, 0.4) is 0 Å². The highest BCUT2D eigenvalue weighted by atomic mass is 35.5. The molecule has 0 saturated carbocycles. The van der Waals surface area contributed by atoms with Gasteiger partial charge in [-0.1, -0.05) is 11.6 Å². The van der Waals surface area contributed by atoms with E-state index < -0.39 is 0 Å². The quantitative estimate of drug-likeness (QED) is 0.759. The maximum atomic E-state index is 6.00. The van der Waals surface area contributed by atoms with Crippen molar-refractivity contribution in [1.82, 2.24) is 0 Å². The van der Waals surface area contributed by atoms with Gasteiger partial charge in [0.25, 0.3) is 0 Å². The Hall–Kier alpha value is -1.52. The van der Waals surface area contributed by atoms with E-state index in [1.807, 2.05) is 31.2 Å². The second-order valence-electron chi connectivity index (χ2n) is 3.88. The van der Waals surface area contributed by atoms with Crippen molar-refractivity contribution >= 4 is 45.1 Å². The lowest BCUT2D eigenvalue weighted by Crippen LogP contribution is -2.11. The Bertz CT molecular complexity index is 631. The first-order valence-electron chi connectivity index (χ1n) is 5.15. The number of rotatable bonds is 0. The molecule has 0 saturated heterocycles. The minimum absolute atomic E-state index is 0.540. The highest BCUT2D eigenvalue weighted by molar-refractivity contribution is 7.16. The number of fused-ring (bicyclic) bond motifs is 2. The summed E-state index contributed by atoms with van der Waals surface area (Å²) in [5, 5.41) is 5.04. The Labute approximate surface area is 108 Å². The van der Waals surface area contributed by atoms with Crippen LogP contribution >= 0.6 is 22.9 Å². The summed E-state index contributed by atoms with van der Waals surface area (Å²) in [6.07, 6.45) is 0. The molecule has 0 fully saturated rings. The van der Waals surface area contributed by atoms with Crippen molar-refractivity contribution in [2.75, 3.05) is 5.32 Å². The molecule has 3 N–H and O–H groups in total. The Balaban J connectivity index is 2.22. The van der Waals surface area contributed by atoms with Gasteiger partial charge in [-0.05, 0) is 31.2 Å². The number of hydrogen-bond acceptors (Lipinski definition) is 4. The van der Waals surface area contributed by atoms with Crippen molar-refractivity contribution in [2.24, 2.45) is 10.7 Å². The van der Waals surface area contributed by atoms with E-state index in [-0.39, 0.29) is 0 Å². The van der Waals surface area contributed by atoms with Gasteiger partial charge < -0.3 is 11.1 Å². The van der Waals surface area contributed by atoms with Gasteiger partial charge in [0.1, 0.15) is 10.8 Å². The lowest BCUT2D eigenvalue weighted by Gasteiger charge is -2.05. The molecule has 3 rings (SSSR count). The molecule has 2 aromatic rings. The molecular weight excluding hydrogens is 254 g/mol. The normalized spacial score (nSPS) is 13.2. The predicted octanol–water partition coefficient (Wildman–Crippen LogP) is 3.80. The van der Waals surface area contributed by atoms with Crippen LogP contribution in [0.25, 0.3) is 0 Å². The van der Waals surface area contributed by atoms with Gasteiger partial charge in [0.05, 0.1) is 16.9 Å². The summed E-state index contributed by atoms with van der Waals surface area (Å²) < 4.78 is 0. The number of hydrogen-bond donors (Lipinski definition) is 2. The fourth-order valence-electron chi connectivity index (χ4n) is 1.82. The molecule has 1 aromatic heterocycles. The molecule has 5 heteroatoms. The average molecular weight is 264 g/mol. The number of benzene rings is 1. The average Bonchev–Trinajstić information content (AvgIpc) is 2.58. The summed E-state index contributed by atoms with van der Waals surface area (Å²) in [5.74, 6) is 0.540. The lowest BCUT2D eigenvalue weighted by molar-refractivity contribution is 1.48. The van der Waals surface area contributed by atoms with Crippen LogP contribution < -0.4 is 11.1 Å². The van der Waals surface area contributed by atoms with Crippen molar-refractivity contribution in [3.05, 3.63) is 39.7 Å². The molecule has 0 radical (unpaired) electrons. The molecule has 1 aliphatic rings. The Morgan fingerprint density at radius 3 is 3.00 bits per heavy atom. The molecule has 3 nitrogen and oxygen atoms in total. The van der Waals surface area contributed by atoms with Gasteiger partial charge in [0, 0.05) is 9.90 Å². The van der Waals surface area contributed by atoms with E-state index in [9.17, 15) is 0 Å². The second kappa shape index (κ2) is 3.75. The highest BCUT2D eigenvalue weighted by Gasteiger charge is 2.16. The van der Waals surface area contributed by atoms with Crippen molar-refractivity contribution in [3.8, 4) is 0 Å². The SMILES string of the molecule is Cc1cc2c(s1)Nc1cc(Cl)ccc1N=C2N. The first kappa shape index (κ1) is 10.6. The van der Waals surface area contributed by atoms with Gasteiger partial charge >= 0.3 is 0 Å². The van der Waals surface area contributed by atoms with E-state index in [0.717, 1.165) is 21.9 Å². The number of nitrogens with two attached hydrogens (primary N) is 1. The van der Waals surface area contributed by atoms with E-state index in [1.54, 1.807) is 11.3 Å². The third kappa shape index (κ3) is 1.79. The largest absolute Gasteiger partial charge is 0.383 e. The first-order chi connectivity index (χ1) is 8.13. The zero-order valence-corrected chi connectivity index (χ0v) is 10.7. The van der Waals surface area contributed by atoms with Crippen LogP contribution in [0.15, 0.2) is 29.3 Å². The Morgan fingerprint density at radius 1 is 1.35 bits per heavy atom. The fourth-order valence-corrected chi connectivity index (χ4v) is 2.92. The van der Waals surface area contributed by atoms with Crippen LogP contribution in [0.5, 0.6) is 0 Å². The van der Waals surface area contributed by atoms with E-state index in [0.29, 0.717) is 10.9 Å². The molecule has 1 aromatic carbocycles. The minimum Gasteiger partial charge on any atom is -0.383 e. The molecule has 0 unspecified atom stereocenters. The van der Waals surface area contributed by atoms with Gasteiger partial charge in [0.15, 0.2) is 0 Å². The number of nitrogens with one attached hydrogen (secondary N) is 1. The highest BCUT2D eigenvalue weighted by Crippen LogP contribution is 2.38. The van der Waals surface area contributed by atoms with Gasteiger partial charge in [-0.2, -0.15) is 0 Å². The molecule has 0 atom stereocenters. The van der Waals surface area contributed by atoms with E-state index in [4.69, 9.17) is 17.3 Å². The van der Waals surface area contributed by atoms with Gasteiger partial charge in [0.2, 0.25) is 0 Å². The van der Waals surface area contributed by atoms with Gasteiger partial charge in [-0.15, -0.1) is 11.3 Å². The van der Waals surface area contributed by atoms with Crippen molar-refractivity contribution in [2.45, 2.75) is 6.92 Å². The summed E-state index contributed by atoms with van der Waals surface area (Å²) in [4.78, 5) is 5.62. The van der Waals surface area contributed by atoms with Crippen LogP contribution in [0.2, 0.25) is 5.02 Å². The molecule has 86 valence electrons. The maximum Gasteiger partial charge on any atom is 0.134 e. The monoisotopic (exact) mass is 263 g/mol. The number of halogens is 1. The van der Waals surface area contributed by atoms with Crippen molar-refractivity contribution < 1.29 is 0 Å². The lowest BCUT2D eigenvalue weighted by atomic mass is 10.2. The minimum atomic E-state index is 0.540. The zero-order valence-electron chi connectivity index (χ0n) is 9.12. The van der Waals surface area contributed by atoms with E-state index >= 15 is 0 Å². The number of aryl methyl sites for hydroxylation is 1. The zero-order chi connectivity index (χ0) is 12.0. The number of anilines is 2. The summed E-state index contributed by atoms with van der Waals surface area (Å²) >= 11 is 7.64. The molecule has 17 heavy (non-hydrogen) atoms. The summed E-state index contributed by atoms with van der Waals surface area (Å²) in [6.45, 7) is 2.05. The van der Waals surface area contributed by atoms with E-state index in [2.05, 4.69) is 10.3 Å². The standard InChI is InChI=1S/C12H10ClN3S/c1-6-4-8-11(14)15-9-3-2-7(13)5-10(9)16-12(8)17-6/h2-5,16H,1H3,(H2,14,15). The maximum absolute atomic E-state index is 6.00. The molecule has 0 spiro atoms. The van der Waals surface area contributed by atoms with Gasteiger partial charge in [-0.3, -0.25) is 0 Å². The molecule has 0 aliphatic carbocycles. The Kier molecular flexibility index (Phi) is 2.34. The molecule has 1 aliphatic heterocycles. The smallest absolute Gasteiger partial charge is 0.134 e. The predicted molar refractivity (Wildman–Crippen MR) is 74.2 cm³/mol. The fraction of sp³-hybridized carbons (Fsp3) is 0.0833. The van der Waals surface area contributed by atoms with Crippen LogP contribution in [0.1, 0.15) is 10.4 Å². The summed E-state index contributed by atoms with van der Waals surface area (Å²) in [6, 6.07) is 7.57. The second-order valence-corrected chi connectivity index (χ2v) is 5.58. The number of thiophene rings is 1.